The summed E-state index contributed by atoms with van der Waals surface area (Å²) in [5.41, 5.74) is 3.49. The Morgan fingerprint density at radius 3 is 2.29 bits per heavy atom. The molecule has 0 spiro atoms. The molecule has 0 aliphatic heterocycles. The molecule has 1 unspecified atom stereocenters. The van der Waals surface area contributed by atoms with Crippen molar-refractivity contribution in [2.24, 2.45) is 0 Å². The van der Waals surface area contributed by atoms with E-state index in [0.717, 1.165) is 32.9 Å². The molecule has 2 N–H and O–H groups in total. The first-order valence-electron chi connectivity index (χ1n) is 9.54. The highest BCUT2D eigenvalue weighted by molar-refractivity contribution is 7.88. The van der Waals surface area contributed by atoms with Crippen molar-refractivity contribution in [1.82, 2.24) is 14.8 Å². The molecule has 1 atom stereocenters. The lowest BCUT2D eigenvalue weighted by molar-refractivity contribution is 0.486. The number of aromatic amines is 1. The summed E-state index contributed by atoms with van der Waals surface area (Å²) in [5, 5.41) is 6.55. The maximum absolute atomic E-state index is 12.5. The number of thiophene rings is 1. The third kappa shape index (κ3) is 3.99. The Bertz CT molecular complexity index is 1420. The molecule has 160 valence electrons. The van der Waals surface area contributed by atoms with Crippen LogP contribution in [0.25, 0.3) is 11.1 Å². The number of hydrogen-bond acceptors (Lipinski definition) is 5. The van der Waals surface area contributed by atoms with Gasteiger partial charge in [0.05, 0.1) is 6.04 Å². The van der Waals surface area contributed by atoms with Crippen LogP contribution < -0.4 is 5.69 Å². The van der Waals surface area contributed by atoms with E-state index in [1.165, 1.54) is 0 Å². The first-order valence-corrected chi connectivity index (χ1v) is 11.8. The standard InChI is InChI=1S/C22H21N3O4S2/c1-13-11-17(9-10-18(13)19-12-14(2)30-21(19)31(27,28)29)20(16-7-5-4-6-8-16)25-15(3)23-24-22(25)26/h4-12,20H,1-3H3,(H,24,26)(H,27,28,29). The Balaban J connectivity index is 1.89. The molecule has 31 heavy (non-hydrogen) atoms. The van der Waals surface area contributed by atoms with Crippen LogP contribution >= 0.6 is 11.3 Å². The smallest absolute Gasteiger partial charge is 0.281 e. The number of rotatable bonds is 5. The molecule has 0 fully saturated rings. The van der Waals surface area contributed by atoms with Gasteiger partial charge in [-0.25, -0.2) is 9.89 Å². The summed E-state index contributed by atoms with van der Waals surface area (Å²) in [6, 6.07) is 16.6. The first kappa shape index (κ1) is 21.2. The fourth-order valence-corrected chi connectivity index (χ4v) is 5.86. The molecule has 2 aromatic heterocycles. The fraction of sp³-hybridized carbons (Fsp3) is 0.182. The third-order valence-electron chi connectivity index (χ3n) is 5.17. The molecule has 2 heterocycles. The minimum atomic E-state index is -4.33. The van der Waals surface area contributed by atoms with Crippen LogP contribution in [0.1, 0.15) is 33.4 Å². The van der Waals surface area contributed by atoms with E-state index in [-0.39, 0.29) is 9.90 Å². The van der Waals surface area contributed by atoms with E-state index in [9.17, 15) is 17.8 Å². The maximum atomic E-state index is 12.5. The lowest BCUT2D eigenvalue weighted by Gasteiger charge is -2.21. The van der Waals surface area contributed by atoms with Crippen LogP contribution in [0.4, 0.5) is 0 Å². The highest BCUT2D eigenvalue weighted by Gasteiger charge is 2.24. The molecule has 0 bridgehead atoms. The number of aryl methyl sites for hydroxylation is 3. The Hall–Kier alpha value is -3.01. The average molecular weight is 456 g/mol. The normalized spacial score (nSPS) is 12.8. The number of aromatic nitrogens is 3. The van der Waals surface area contributed by atoms with Gasteiger partial charge < -0.3 is 0 Å². The van der Waals surface area contributed by atoms with E-state index < -0.39 is 16.2 Å². The topological polar surface area (TPSA) is 105 Å². The van der Waals surface area contributed by atoms with Crippen molar-refractivity contribution in [3.8, 4) is 11.1 Å². The van der Waals surface area contributed by atoms with E-state index in [1.807, 2.05) is 55.5 Å². The maximum Gasteiger partial charge on any atom is 0.344 e. The second kappa shape index (κ2) is 7.92. The molecule has 0 aliphatic carbocycles. The van der Waals surface area contributed by atoms with Crippen LogP contribution in [0, 0.1) is 20.8 Å². The molecule has 0 amide bonds. The summed E-state index contributed by atoms with van der Waals surface area (Å²) in [5.74, 6) is 0.558. The minimum Gasteiger partial charge on any atom is -0.281 e. The van der Waals surface area contributed by atoms with Crippen LogP contribution in [0.3, 0.4) is 0 Å². The van der Waals surface area contributed by atoms with Crippen LogP contribution in [0.2, 0.25) is 0 Å². The zero-order valence-electron chi connectivity index (χ0n) is 17.2. The van der Waals surface area contributed by atoms with Gasteiger partial charge in [0, 0.05) is 10.4 Å². The van der Waals surface area contributed by atoms with Crippen molar-refractivity contribution in [2.45, 2.75) is 31.0 Å². The molecule has 0 saturated carbocycles. The van der Waals surface area contributed by atoms with Crippen molar-refractivity contribution in [3.63, 3.8) is 0 Å². The second-order valence-electron chi connectivity index (χ2n) is 7.37. The summed E-state index contributed by atoms with van der Waals surface area (Å²) in [7, 11) is -4.33. The summed E-state index contributed by atoms with van der Waals surface area (Å²) in [4.78, 5) is 13.3. The van der Waals surface area contributed by atoms with Crippen molar-refractivity contribution in [2.75, 3.05) is 0 Å². The predicted octanol–water partition coefficient (Wildman–Crippen LogP) is 4.11. The van der Waals surface area contributed by atoms with E-state index >= 15 is 0 Å². The van der Waals surface area contributed by atoms with Gasteiger partial charge in [-0.05, 0) is 49.1 Å². The highest BCUT2D eigenvalue weighted by Crippen LogP contribution is 2.38. The number of H-pyrrole nitrogens is 1. The van der Waals surface area contributed by atoms with Gasteiger partial charge in [-0.1, -0.05) is 48.5 Å². The SMILES string of the molecule is Cc1cc(-c2ccc(C(c3ccccc3)n3c(C)n[nH]c3=O)cc2C)c(S(=O)(=O)O)s1. The zero-order chi connectivity index (χ0) is 22.3. The monoisotopic (exact) mass is 455 g/mol. The van der Waals surface area contributed by atoms with Crippen LogP contribution in [-0.2, 0) is 10.1 Å². The minimum absolute atomic E-state index is 0.0673. The molecule has 9 heteroatoms. The van der Waals surface area contributed by atoms with Gasteiger partial charge in [0.2, 0.25) is 0 Å². The summed E-state index contributed by atoms with van der Waals surface area (Å²) >= 11 is 1.04. The Morgan fingerprint density at radius 1 is 1.00 bits per heavy atom. The second-order valence-corrected chi connectivity index (χ2v) is 10.2. The zero-order valence-corrected chi connectivity index (χ0v) is 18.8. The van der Waals surface area contributed by atoms with Crippen molar-refractivity contribution in [1.29, 1.82) is 0 Å². The average Bonchev–Trinajstić information content (AvgIpc) is 3.26. The number of benzene rings is 2. The number of hydrogen-bond donors (Lipinski definition) is 2. The summed E-state index contributed by atoms with van der Waals surface area (Å²) in [6.45, 7) is 5.44. The van der Waals surface area contributed by atoms with Crippen molar-refractivity contribution < 1.29 is 13.0 Å². The van der Waals surface area contributed by atoms with Gasteiger partial charge in [0.25, 0.3) is 0 Å². The molecule has 0 saturated heterocycles. The first-order chi connectivity index (χ1) is 14.7. The predicted molar refractivity (Wildman–Crippen MR) is 120 cm³/mol. The summed E-state index contributed by atoms with van der Waals surface area (Å²) in [6.07, 6.45) is 0. The highest BCUT2D eigenvalue weighted by atomic mass is 32.3. The van der Waals surface area contributed by atoms with Crippen LogP contribution in [0.5, 0.6) is 0 Å². The van der Waals surface area contributed by atoms with E-state index in [2.05, 4.69) is 10.2 Å². The Kier molecular flexibility index (Phi) is 5.42. The Morgan fingerprint density at radius 2 is 1.71 bits per heavy atom. The molecule has 0 aliphatic rings. The van der Waals surface area contributed by atoms with E-state index in [0.29, 0.717) is 17.0 Å². The lowest BCUT2D eigenvalue weighted by Crippen LogP contribution is -2.25. The van der Waals surface area contributed by atoms with Gasteiger partial charge in [0.15, 0.2) is 4.21 Å². The van der Waals surface area contributed by atoms with Gasteiger partial charge in [-0.15, -0.1) is 11.3 Å². The molecule has 2 aromatic carbocycles. The Labute approximate surface area is 183 Å². The van der Waals surface area contributed by atoms with Gasteiger partial charge in [0.1, 0.15) is 5.82 Å². The van der Waals surface area contributed by atoms with Gasteiger partial charge >= 0.3 is 15.8 Å². The lowest BCUT2D eigenvalue weighted by atomic mass is 9.93. The van der Waals surface area contributed by atoms with Gasteiger partial charge in [-0.2, -0.15) is 13.5 Å². The quantitative estimate of drug-likeness (QED) is 0.441. The van der Waals surface area contributed by atoms with Gasteiger partial charge in [-0.3, -0.25) is 9.12 Å². The van der Waals surface area contributed by atoms with E-state index in [1.54, 1.807) is 24.5 Å². The molecular weight excluding hydrogens is 434 g/mol. The molecule has 4 rings (SSSR count). The van der Waals surface area contributed by atoms with Crippen LogP contribution in [-0.4, -0.2) is 27.7 Å². The fourth-order valence-electron chi connectivity index (χ4n) is 3.84. The van der Waals surface area contributed by atoms with Crippen molar-refractivity contribution in [3.05, 3.63) is 92.5 Å². The molecular formula is C22H21N3O4S2. The largest absolute Gasteiger partial charge is 0.344 e. The third-order valence-corrected chi connectivity index (χ3v) is 7.58. The van der Waals surface area contributed by atoms with Crippen LogP contribution in [0.15, 0.2) is 63.6 Å². The summed E-state index contributed by atoms with van der Waals surface area (Å²) < 4.78 is 34.9. The molecule has 7 nitrogen and oxygen atoms in total. The van der Waals surface area contributed by atoms with Crippen molar-refractivity contribution >= 4 is 21.5 Å². The van der Waals surface area contributed by atoms with E-state index in [4.69, 9.17) is 0 Å². The number of nitrogens with one attached hydrogen (secondary N) is 1. The number of nitrogens with zero attached hydrogens (tertiary/aromatic N) is 2. The molecule has 4 aromatic rings. The molecule has 0 radical (unpaired) electrons.